The monoisotopic (exact) mass is 255 g/mol. The number of hydrogen-bond donors (Lipinski definition) is 0. The number of likely N-dealkylation sites (N-methyl/N-ethyl adjacent to an activating group) is 1. The lowest BCUT2D eigenvalue weighted by atomic mass is 10.2. The van der Waals surface area contributed by atoms with Crippen LogP contribution in [0.4, 0.5) is 13.2 Å². The van der Waals surface area contributed by atoms with Crippen molar-refractivity contribution in [3.8, 4) is 0 Å². The van der Waals surface area contributed by atoms with Crippen LogP contribution in [0, 0.1) is 0 Å². The summed E-state index contributed by atoms with van der Waals surface area (Å²) in [4.78, 5) is 22.6. The van der Waals surface area contributed by atoms with Crippen molar-refractivity contribution in [1.82, 2.24) is 4.90 Å². The average Bonchev–Trinajstić information content (AvgIpc) is 2.24. The van der Waals surface area contributed by atoms with Gasteiger partial charge in [-0.3, -0.25) is 4.79 Å². The van der Waals surface area contributed by atoms with Crippen molar-refractivity contribution in [2.24, 2.45) is 0 Å². The lowest BCUT2D eigenvalue weighted by Gasteiger charge is -2.25. The third-order valence-corrected chi connectivity index (χ3v) is 2.38. The van der Waals surface area contributed by atoms with Crippen LogP contribution in [0.1, 0.15) is 27.2 Å². The van der Waals surface area contributed by atoms with Crippen molar-refractivity contribution in [3.63, 3.8) is 0 Å². The number of alkyl halides is 3. The number of nitrogens with zero attached hydrogens (tertiary/aromatic N) is 1. The summed E-state index contributed by atoms with van der Waals surface area (Å²) >= 11 is 0. The van der Waals surface area contributed by atoms with Gasteiger partial charge in [0, 0.05) is 7.05 Å². The normalized spacial score (nSPS) is 15.0. The molecule has 4 nitrogen and oxygen atoms in total. The fourth-order valence-corrected chi connectivity index (χ4v) is 0.914. The van der Waals surface area contributed by atoms with Crippen molar-refractivity contribution in [2.75, 3.05) is 7.05 Å². The number of rotatable bonds is 4. The molecule has 0 unspecified atom stereocenters. The van der Waals surface area contributed by atoms with Gasteiger partial charge in [0.1, 0.15) is 6.04 Å². The number of esters is 1. The maximum Gasteiger partial charge on any atom is 0.471 e. The fourth-order valence-electron chi connectivity index (χ4n) is 0.914. The van der Waals surface area contributed by atoms with E-state index in [2.05, 4.69) is 0 Å². The molecule has 0 saturated heterocycles. The van der Waals surface area contributed by atoms with Crippen molar-refractivity contribution in [1.29, 1.82) is 0 Å². The second-order valence-electron chi connectivity index (χ2n) is 3.75. The number of carbonyl (C=O) groups is 2. The molecule has 2 atom stereocenters. The smallest absolute Gasteiger partial charge is 0.461 e. The van der Waals surface area contributed by atoms with Crippen molar-refractivity contribution < 1.29 is 27.5 Å². The highest BCUT2D eigenvalue weighted by molar-refractivity contribution is 5.87. The molecule has 0 bridgehead atoms. The van der Waals surface area contributed by atoms with Gasteiger partial charge in [-0.15, -0.1) is 0 Å². The highest BCUT2D eigenvalue weighted by Gasteiger charge is 2.43. The summed E-state index contributed by atoms with van der Waals surface area (Å²) in [6.07, 6.45) is -4.82. The zero-order valence-corrected chi connectivity index (χ0v) is 10.2. The molecule has 17 heavy (non-hydrogen) atoms. The quantitative estimate of drug-likeness (QED) is 0.719. The molecule has 0 N–H and O–H groups in total. The summed E-state index contributed by atoms with van der Waals surface area (Å²) < 4.78 is 41.2. The van der Waals surface area contributed by atoms with Crippen LogP contribution in [0.5, 0.6) is 0 Å². The zero-order chi connectivity index (χ0) is 13.8. The Morgan fingerprint density at radius 2 is 1.76 bits per heavy atom. The van der Waals surface area contributed by atoms with E-state index in [1.165, 1.54) is 6.92 Å². The van der Waals surface area contributed by atoms with Gasteiger partial charge in [0.15, 0.2) is 0 Å². The Kier molecular flexibility index (Phi) is 5.44. The second-order valence-corrected chi connectivity index (χ2v) is 3.75. The van der Waals surface area contributed by atoms with Gasteiger partial charge in [-0.05, 0) is 20.3 Å². The van der Waals surface area contributed by atoms with E-state index < -0.39 is 24.1 Å². The van der Waals surface area contributed by atoms with Crippen LogP contribution in [-0.4, -0.2) is 42.1 Å². The van der Waals surface area contributed by atoms with E-state index in [0.29, 0.717) is 11.3 Å². The van der Waals surface area contributed by atoms with Gasteiger partial charge in [0.25, 0.3) is 0 Å². The molecule has 0 aromatic rings. The lowest BCUT2D eigenvalue weighted by Crippen LogP contribution is -2.47. The van der Waals surface area contributed by atoms with E-state index in [1.54, 1.807) is 13.8 Å². The van der Waals surface area contributed by atoms with Gasteiger partial charge >= 0.3 is 18.1 Å². The summed E-state index contributed by atoms with van der Waals surface area (Å²) in [5.74, 6) is -2.91. The van der Waals surface area contributed by atoms with E-state index in [4.69, 9.17) is 4.74 Å². The number of hydrogen-bond acceptors (Lipinski definition) is 3. The van der Waals surface area contributed by atoms with Gasteiger partial charge in [0.2, 0.25) is 0 Å². The Morgan fingerprint density at radius 3 is 2.12 bits per heavy atom. The number of halogens is 3. The van der Waals surface area contributed by atoms with Gasteiger partial charge in [0.05, 0.1) is 6.10 Å². The van der Waals surface area contributed by atoms with E-state index >= 15 is 0 Å². The van der Waals surface area contributed by atoms with Gasteiger partial charge in [-0.2, -0.15) is 13.2 Å². The minimum Gasteiger partial charge on any atom is -0.461 e. The average molecular weight is 255 g/mol. The third kappa shape index (κ3) is 4.62. The molecule has 0 aromatic heterocycles. The predicted molar refractivity (Wildman–Crippen MR) is 54.1 cm³/mol. The highest BCUT2D eigenvalue weighted by atomic mass is 19.4. The Hall–Kier alpha value is -1.27. The first-order chi connectivity index (χ1) is 7.61. The van der Waals surface area contributed by atoms with Crippen LogP contribution in [0.3, 0.4) is 0 Å². The van der Waals surface area contributed by atoms with Crippen LogP contribution >= 0.6 is 0 Å². The SMILES string of the molecule is CC[C@H](C)OC(=O)[C@H](C)N(C)C(=O)C(F)(F)F. The molecule has 0 fully saturated rings. The van der Waals surface area contributed by atoms with Crippen LogP contribution in [-0.2, 0) is 14.3 Å². The molecule has 0 spiro atoms. The van der Waals surface area contributed by atoms with Gasteiger partial charge in [-0.1, -0.05) is 6.92 Å². The van der Waals surface area contributed by atoms with Crippen LogP contribution < -0.4 is 0 Å². The predicted octanol–water partition coefficient (Wildman–Crippen LogP) is 1.74. The molecule has 0 aliphatic rings. The Bertz CT molecular complexity index is 291. The first-order valence-corrected chi connectivity index (χ1v) is 5.15. The number of ether oxygens (including phenoxy) is 1. The maximum absolute atomic E-state index is 12.1. The summed E-state index contributed by atoms with van der Waals surface area (Å²) in [7, 11) is 0.915. The molecular formula is C10H16F3NO3. The van der Waals surface area contributed by atoms with Gasteiger partial charge < -0.3 is 9.64 Å². The minimum absolute atomic E-state index is 0.324. The molecule has 0 heterocycles. The van der Waals surface area contributed by atoms with Gasteiger partial charge in [-0.25, -0.2) is 4.79 Å². The van der Waals surface area contributed by atoms with E-state index in [0.717, 1.165) is 7.05 Å². The van der Waals surface area contributed by atoms with E-state index in [-0.39, 0.29) is 6.10 Å². The highest BCUT2D eigenvalue weighted by Crippen LogP contribution is 2.19. The van der Waals surface area contributed by atoms with Crippen molar-refractivity contribution >= 4 is 11.9 Å². The standard InChI is InChI=1S/C10H16F3NO3/c1-5-6(2)17-8(15)7(3)14(4)9(16)10(11,12)13/h6-7H,5H2,1-4H3/t6-,7-/m0/s1. The molecule has 0 aromatic carbocycles. The molecule has 100 valence electrons. The number of amides is 1. The largest absolute Gasteiger partial charge is 0.471 e. The fraction of sp³-hybridized carbons (Fsp3) is 0.800. The van der Waals surface area contributed by atoms with Crippen LogP contribution in [0.25, 0.3) is 0 Å². The van der Waals surface area contributed by atoms with Crippen molar-refractivity contribution in [2.45, 2.75) is 45.5 Å². The molecule has 0 radical (unpaired) electrons. The van der Waals surface area contributed by atoms with Crippen LogP contribution in [0.15, 0.2) is 0 Å². The second kappa shape index (κ2) is 5.88. The topological polar surface area (TPSA) is 46.6 Å². The summed E-state index contributed by atoms with van der Waals surface area (Å²) in [6, 6.07) is -1.27. The van der Waals surface area contributed by atoms with E-state index in [1.807, 2.05) is 0 Å². The lowest BCUT2D eigenvalue weighted by molar-refractivity contribution is -0.188. The molecule has 0 aliphatic carbocycles. The minimum atomic E-state index is -4.99. The Balaban J connectivity index is 4.55. The third-order valence-electron chi connectivity index (χ3n) is 2.38. The summed E-state index contributed by atoms with van der Waals surface area (Å²) in [5.41, 5.74) is 0. The van der Waals surface area contributed by atoms with Crippen molar-refractivity contribution in [3.05, 3.63) is 0 Å². The van der Waals surface area contributed by atoms with Crippen LogP contribution in [0.2, 0.25) is 0 Å². The molecule has 7 heteroatoms. The first-order valence-electron chi connectivity index (χ1n) is 5.15. The molecule has 0 saturated carbocycles. The molecule has 0 aliphatic heterocycles. The zero-order valence-electron chi connectivity index (χ0n) is 10.2. The summed E-state index contributed by atoms with van der Waals surface area (Å²) in [5, 5.41) is 0. The maximum atomic E-state index is 12.1. The summed E-state index contributed by atoms with van der Waals surface area (Å²) in [6.45, 7) is 4.58. The Labute approximate surface area is 97.7 Å². The molecular weight excluding hydrogens is 239 g/mol. The first kappa shape index (κ1) is 15.7. The Morgan fingerprint density at radius 1 is 1.29 bits per heavy atom. The molecule has 1 amide bonds. The number of carbonyl (C=O) groups excluding carboxylic acids is 2. The van der Waals surface area contributed by atoms with E-state index in [9.17, 15) is 22.8 Å². The molecule has 0 rings (SSSR count).